The standard InChI is InChI=1S/C16H29NO2S/c1-3-9-20-10-8-17-11-16(18)13-19-12-15-7-5-4-6-14(15)2/h3-5,14-18H,1,6-13H2,2H3. The Hall–Kier alpha value is -0.290. The van der Waals surface area contributed by atoms with E-state index in [0.717, 1.165) is 37.5 Å². The van der Waals surface area contributed by atoms with Crippen LogP contribution in [0.3, 0.4) is 0 Å². The molecular formula is C16H29NO2S. The van der Waals surface area contributed by atoms with Crippen molar-refractivity contribution in [2.45, 2.75) is 25.9 Å². The van der Waals surface area contributed by atoms with Gasteiger partial charge in [-0.3, -0.25) is 0 Å². The number of allylic oxidation sites excluding steroid dienone is 2. The van der Waals surface area contributed by atoms with Crippen LogP contribution >= 0.6 is 11.8 Å². The zero-order valence-corrected chi connectivity index (χ0v) is 13.4. The Labute approximate surface area is 127 Å². The summed E-state index contributed by atoms with van der Waals surface area (Å²) in [7, 11) is 0. The van der Waals surface area contributed by atoms with E-state index in [9.17, 15) is 5.11 Å². The second kappa shape index (κ2) is 11.4. The molecule has 2 N–H and O–H groups in total. The third kappa shape index (κ3) is 8.10. The minimum Gasteiger partial charge on any atom is -0.389 e. The first-order valence-electron chi connectivity index (χ1n) is 7.54. The molecule has 116 valence electrons. The third-order valence-corrected chi connectivity index (χ3v) is 4.56. The Balaban J connectivity index is 1.95. The van der Waals surface area contributed by atoms with Crippen LogP contribution in [0.1, 0.15) is 19.8 Å². The maximum Gasteiger partial charge on any atom is 0.0897 e. The Morgan fingerprint density at radius 1 is 1.50 bits per heavy atom. The molecule has 0 fully saturated rings. The highest BCUT2D eigenvalue weighted by Crippen LogP contribution is 2.24. The van der Waals surface area contributed by atoms with Crippen LogP contribution in [0.25, 0.3) is 0 Å². The average Bonchev–Trinajstić information content (AvgIpc) is 2.45. The van der Waals surface area contributed by atoms with Gasteiger partial charge in [0.25, 0.3) is 0 Å². The number of thioether (sulfide) groups is 1. The molecule has 0 radical (unpaired) electrons. The van der Waals surface area contributed by atoms with Crippen molar-refractivity contribution < 1.29 is 9.84 Å². The molecule has 1 aliphatic rings. The van der Waals surface area contributed by atoms with Crippen molar-refractivity contribution in [3.05, 3.63) is 24.8 Å². The van der Waals surface area contributed by atoms with E-state index in [0.29, 0.717) is 25.0 Å². The summed E-state index contributed by atoms with van der Waals surface area (Å²) in [5, 5.41) is 13.1. The number of rotatable bonds is 11. The fourth-order valence-electron chi connectivity index (χ4n) is 2.23. The molecule has 0 amide bonds. The number of aliphatic hydroxyl groups excluding tert-OH is 1. The van der Waals surface area contributed by atoms with Gasteiger partial charge in [-0.25, -0.2) is 0 Å². The summed E-state index contributed by atoms with van der Waals surface area (Å²) in [5.41, 5.74) is 0. The largest absolute Gasteiger partial charge is 0.389 e. The number of ether oxygens (including phenoxy) is 1. The van der Waals surface area contributed by atoms with Crippen LogP contribution in [0, 0.1) is 11.8 Å². The van der Waals surface area contributed by atoms with Gasteiger partial charge in [0.05, 0.1) is 19.3 Å². The number of hydrogen-bond acceptors (Lipinski definition) is 4. The van der Waals surface area contributed by atoms with Crippen LogP contribution in [0.2, 0.25) is 0 Å². The van der Waals surface area contributed by atoms with Gasteiger partial charge in [-0.1, -0.05) is 25.2 Å². The molecule has 0 aliphatic heterocycles. The second-order valence-electron chi connectivity index (χ2n) is 5.44. The van der Waals surface area contributed by atoms with Crippen LogP contribution in [-0.2, 0) is 4.74 Å². The first kappa shape index (κ1) is 17.8. The summed E-state index contributed by atoms with van der Waals surface area (Å²) >= 11 is 1.84. The van der Waals surface area contributed by atoms with Crippen LogP contribution in [0.15, 0.2) is 24.8 Å². The van der Waals surface area contributed by atoms with Gasteiger partial charge in [0.2, 0.25) is 0 Å². The minimum absolute atomic E-state index is 0.408. The number of aliphatic hydroxyl groups is 1. The Morgan fingerprint density at radius 3 is 3.05 bits per heavy atom. The van der Waals surface area contributed by atoms with Gasteiger partial charge in [0.1, 0.15) is 0 Å². The number of hydrogen-bond donors (Lipinski definition) is 2. The van der Waals surface area contributed by atoms with Gasteiger partial charge in [-0.2, -0.15) is 11.8 Å². The topological polar surface area (TPSA) is 41.5 Å². The van der Waals surface area contributed by atoms with Gasteiger partial charge in [-0.05, 0) is 24.7 Å². The van der Waals surface area contributed by atoms with Gasteiger partial charge in [0.15, 0.2) is 0 Å². The van der Waals surface area contributed by atoms with E-state index in [-0.39, 0.29) is 0 Å². The lowest BCUT2D eigenvalue weighted by atomic mass is 9.85. The SMILES string of the molecule is C=CCSCCNCC(O)COCC1CC=CCC1C. The van der Waals surface area contributed by atoms with E-state index in [1.54, 1.807) is 0 Å². The summed E-state index contributed by atoms with van der Waals surface area (Å²) in [5.74, 6) is 3.33. The molecule has 1 rings (SSSR count). The highest BCUT2D eigenvalue weighted by atomic mass is 32.2. The molecule has 0 heterocycles. The van der Waals surface area contributed by atoms with E-state index in [1.807, 2.05) is 17.8 Å². The lowest BCUT2D eigenvalue weighted by molar-refractivity contribution is 0.0131. The van der Waals surface area contributed by atoms with Crippen LogP contribution in [-0.4, -0.2) is 49.0 Å². The van der Waals surface area contributed by atoms with Crippen LogP contribution in [0.4, 0.5) is 0 Å². The van der Waals surface area contributed by atoms with Crippen molar-refractivity contribution in [2.75, 3.05) is 37.8 Å². The van der Waals surface area contributed by atoms with Crippen molar-refractivity contribution in [1.82, 2.24) is 5.32 Å². The fraction of sp³-hybridized carbons (Fsp3) is 0.750. The molecule has 0 saturated heterocycles. The highest BCUT2D eigenvalue weighted by Gasteiger charge is 2.18. The number of nitrogens with one attached hydrogen (secondary N) is 1. The second-order valence-corrected chi connectivity index (χ2v) is 6.59. The normalized spacial score (nSPS) is 23.7. The first-order valence-corrected chi connectivity index (χ1v) is 8.69. The molecule has 3 unspecified atom stereocenters. The lowest BCUT2D eigenvalue weighted by Crippen LogP contribution is -2.32. The predicted molar refractivity (Wildman–Crippen MR) is 88.2 cm³/mol. The van der Waals surface area contributed by atoms with Crippen molar-refractivity contribution in [3.63, 3.8) is 0 Å². The lowest BCUT2D eigenvalue weighted by Gasteiger charge is -2.25. The van der Waals surface area contributed by atoms with E-state index in [4.69, 9.17) is 4.74 Å². The Kier molecular flexibility index (Phi) is 10.1. The molecule has 0 bridgehead atoms. The summed E-state index contributed by atoms with van der Waals surface area (Å²) in [4.78, 5) is 0. The third-order valence-electron chi connectivity index (χ3n) is 3.60. The molecule has 0 saturated carbocycles. The van der Waals surface area contributed by atoms with Crippen molar-refractivity contribution >= 4 is 11.8 Å². The smallest absolute Gasteiger partial charge is 0.0897 e. The van der Waals surface area contributed by atoms with Gasteiger partial charge >= 0.3 is 0 Å². The summed E-state index contributed by atoms with van der Waals surface area (Å²) in [6, 6.07) is 0. The quantitative estimate of drug-likeness (QED) is 0.454. The van der Waals surface area contributed by atoms with Crippen molar-refractivity contribution in [3.8, 4) is 0 Å². The highest BCUT2D eigenvalue weighted by molar-refractivity contribution is 7.99. The summed E-state index contributed by atoms with van der Waals surface area (Å²) in [6.07, 6.45) is 8.26. The zero-order chi connectivity index (χ0) is 14.6. The summed E-state index contributed by atoms with van der Waals surface area (Å²) in [6.45, 7) is 8.67. The minimum atomic E-state index is -0.408. The monoisotopic (exact) mass is 299 g/mol. The molecule has 0 spiro atoms. The molecule has 3 atom stereocenters. The van der Waals surface area contributed by atoms with E-state index in [2.05, 4.69) is 31.0 Å². The van der Waals surface area contributed by atoms with E-state index >= 15 is 0 Å². The molecule has 4 heteroatoms. The van der Waals surface area contributed by atoms with E-state index in [1.165, 1.54) is 0 Å². The fourth-order valence-corrected chi connectivity index (χ4v) is 2.86. The van der Waals surface area contributed by atoms with Crippen LogP contribution in [0.5, 0.6) is 0 Å². The first-order chi connectivity index (χ1) is 9.74. The molecule has 3 nitrogen and oxygen atoms in total. The molecular weight excluding hydrogens is 270 g/mol. The predicted octanol–water partition coefficient (Wildman–Crippen LogP) is 2.48. The molecule has 1 aliphatic carbocycles. The van der Waals surface area contributed by atoms with Crippen LogP contribution < -0.4 is 5.32 Å². The van der Waals surface area contributed by atoms with Gasteiger partial charge < -0.3 is 15.2 Å². The zero-order valence-electron chi connectivity index (χ0n) is 12.6. The van der Waals surface area contributed by atoms with Crippen molar-refractivity contribution in [2.24, 2.45) is 11.8 Å². The summed E-state index contributed by atoms with van der Waals surface area (Å²) < 4.78 is 5.66. The van der Waals surface area contributed by atoms with Crippen molar-refractivity contribution in [1.29, 1.82) is 0 Å². The maximum absolute atomic E-state index is 9.82. The van der Waals surface area contributed by atoms with Gasteiger partial charge in [-0.15, -0.1) is 6.58 Å². The molecule has 0 aromatic heterocycles. The molecule has 20 heavy (non-hydrogen) atoms. The van der Waals surface area contributed by atoms with Gasteiger partial charge in [0, 0.05) is 24.6 Å². The van der Waals surface area contributed by atoms with E-state index < -0.39 is 6.10 Å². The molecule has 0 aromatic carbocycles. The Bertz CT molecular complexity index is 284. The molecule has 0 aromatic rings. The average molecular weight is 299 g/mol. The maximum atomic E-state index is 9.82. The Morgan fingerprint density at radius 2 is 2.30 bits per heavy atom.